The van der Waals surface area contributed by atoms with E-state index in [2.05, 4.69) is 5.43 Å². The van der Waals surface area contributed by atoms with Crippen LogP contribution in [-0.4, -0.2) is 23.8 Å². The maximum absolute atomic E-state index is 11.8. The molecule has 0 saturated carbocycles. The Kier molecular flexibility index (Phi) is 4.47. The predicted molar refractivity (Wildman–Crippen MR) is 54.3 cm³/mol. The number of halogens is 3. The molecule has 0 heterocycles. The van der Waals surface area contributed by atoms with E-state index in [1.165, 1.54) is 24.3 Å². The number of alkyl halides is 3. The number of nitrogens with one attached hydrogen (secondary N) is 2. The van der Waals surface area contributed by atoms with E-state index in [-0.39, 0.29) is 12.1 Å². The second-order valence-electron chi connectivity index (χ2n) is 3.32. The molecule has 3 N–H and O–H groups in total. The van der Waals surface area contributed by atoms with Gasteiger partial charge in [0.2, 0.25) is 0 Å². The SMILES string of the molecule is O=C(O)c1ccc(CNNCC(F)(F)F)cc1. The number of hydrazine groups is 1. The van der Waals surface area contributed by atoms with Crippen LogP contribution >= 0.6 is 0 Å². The first kappa shape index (κ1) is 13.5. The molecule has 0 radical (unpaired) electrons. The monoisotopic (exact) mass is 248 g/mol. The molecule has 17 heavy (non-hydrogen) atoms. The third kappa shape index (κ3) is 5.32. The Bertz CT molecular complexity index is 376. The first-order valence-corrected chi connectivity index (χ1v) is 4.73. The van der Waals surface area contributed by atoms with E-state index in [9.17, 15) is 18.0 Å². The number of rotatable bonds is 5. The van der Waals surface area contributed by atoms with Crippen LogP contribution in [0.5, 0.6) is 0 Å². The third-order valence-corrected chi connectivity index (χ3v) is 1.91. The van der Waals surface area contributed by atoms with Gasteiger partial charge < -0.3 is 5.11 Å². The van der Waals surface area contributed by atoms with E-state index in [0.29, 0.717) is 5.56 Å². The quantitative estimate of drug-likeness (QED) is 0.546. The highest BCUT2D eigenvalue weighted by molar-refractivity contribution is 5.87. The first-order valence-electron chi connectivity index (χ1n) is 4.73. The maximum Gasteiger partial charge on any atom is 0.402 e. The van der Waals surface area contributed by atoms with Gasteiger partial charge >= 0.3 is 12.1 Å². The summed E-state index contributed by atoms with van der Waals surface area (Å²) in [6.07, 6.45) is -4.26. The summed E-state index contributed by atoms with van der Waals surface area (Å²) < 4.78 is 35.3. The fourth-order valence-corrected chi connectivity index (χ4v) is 1.09. The zero-order chi connectivity index (χ0) is 12.9. The zero-order valence-corrected chi connectivity index (χ0v) is 8.71. The molecule has 1 aromatic rings. The van der Waals surface area contributed by atoms with Gasteiger partial charge in [-0.05, 0) is 17.7 Å². The number of benzene rings is 1. The largest absolute Gasteiger partial charge is 0.478 e. The van der Waals surface area contributed by atoms with Crippen LogP contribution in [0.1, 0.15) is 15.9 Å². The highest BCUT2D eigenvalue weighted by Crippen LogP contribution is 2.11. The van der Waals surface area contributed by atoms with Crippen LogP contribution in [0.2, 0.25) is 0 Å². The van der Waals surface area contributed by atoms with Gasteiger partial charge in [0.05, 0.1) is 5.56 Å². The topological polar surface area (TPSA) is 61.4 Å². The molecule has 0 atom stereocenters. The van der Waals surface area contributed by atoms with Gasteiger partial charge in [-0.3, -0.25) is 5.43 Å². The molecule has 0 bridgehead atoms. The fraction of sp³-hybridized carbons (Fsp3) is 0.300. The van der Waals surface area contributed by atoms with Crippen molar-refractivity contribution in [3.8, 4) is 0 Å². The summed E-state index contributed by atoms with van der Waals surface area (Å²) in [5.41, 5.74) is 5.23. The molecule has 0 aliphatic heterocycles. The average Bonchev–Trinajstić information content (AvgIpc) is 2.24. The molecule has 4 nitrogen and oxygen atoms in total. The van der Waals surface area contributed by atoms with Crippen LogP contribution in [0, 0.1) is 0 Å². The van der Waals surface area contributed by atoms with Gasteiger partial charge in [-0.1, -0.05) is 12.1 Å². The van der Waals surface area contributed by atoms with Crippen LogP contribution in [0.15, 0.2) is 24.3 Å². The van der Waals surface area contributed by atoms with Crippen LogP contribution in [0.25, 0.3) is 0 Å². The number of carbonyl (C=O) groups is 1. The molecule has 1 rings (SSSR count). The third-order valence-electron chi connectivity index (χ3n) is 1.91. The lowest BCUT2D eigenvalue weighted by Gasteiger charge is -2.09. The summed E-state index contributed by atoms with van der Waals surface area (Å²) in [5, 5.41) is 8.63. The highest BCUT2D eigenvalue weighted by Gasteiger charge is 2.26. The zero-order valence-electron chi connectivity index (χ0n) is 8.71. The number of hydrogen-bond acceptors (Lipinski definition) is 3. The lowest BCUT2D eigenvalue weighted by molar-refractivity contribution is -0.126. The van der Waals surface area contributed by atoms with Crippen molar-refractivity contribution in [2.75, 3.05) is 6.54 Å². The number of carboxylic acids is 1. The number of aromatic carboxylic acids is 1. The van der Waals surface area contributed by atoms with Crippen LogP contribution < -0.4 is 10.9 Å². The molecule has 0 fully saturated rings. The van der Waals surface area contributed by atoms with Crippen molar-refractivity contribution in [2.45, 2.75) is 12.7 Å². The van der Waals surface area contributed by atoms with E-state index < -0.39 is 18.7 Å². The van der Waals surface area contributed by atoms with Crippen molar-refractivity contribution >= 4 is 5.97 Å². The van der Waals surface area contributed by atoms with Gasteiger partial charge in [0.15, 0.2) is 0 Å². The van der Waals surface area contributed by atoms with Crippen molar-refractivity contribution in [3.63, 3.8) is 0 Å². The molecule has 0 unspecified atom stereocenters. The summed E-state index contributed by atoms with van der Waals surface area (Å²) in [4.78, 5) is 10.5. The molecular weight excluding hydrogens is 237 g/mol. The Hall–Kier alpha value is -1.60. The molecule has 0 spiro atoms. The molecule has 0 saturated heterocycles. The van der Waals surface area contributed by atoms with E-state index in [0.717, 1.165) is 0 Å². The van der Waals surface area contributed by atoms with Crippen molar-refractivity contribution in [1.82, 2.24) is 10.9 Å². The van der Waals surface area contributed by atoms with Crippen molar-refractivity contribution < 1.29 is 23.1 Å². The summed E-state index contributed by atoms with van der Waals surface area (Å²) in [6.45, 7) is -0.948. The summed E-state index contributed by atoms with van der Waals surface area (Å²) in [5.74, 6) is -1.04. The average molecular weight is 248 g/mol. The minimum absolute atomic E-state index is 0.136. The van der Waals surface area contributed by atoms with Gasteiger partial charge in [-0.15, -0.1) is 0 Å². The minimum atomic E-state index is -4.26. The molecule has 0 aliphatic carbocycles. The molecule has 94 valence electrons. The minimum Gasteiger partial charge on any atom is -0.478 e. The highest BCUT2D eigenvalue weighted by atomic mass is 19.4. The summed E-state index contributed by atoms with van der Waals surface area (Å²) >= 11 is 0. The van der Waals surface area contributed by atoms with Crippen molar-refractivity contribution in [2.24, 2.45) is 0 Å². The summed E-state index contributed by atoms with van der Waals surface area (Å²) in [7, 11) is 0. The van der Waals surface area contributed by atoms with Crippen molar-refractivity contribution in [1.29, 1.82) is 0 Å². The van der Waals surface area contributed by atoms with Crippen LogP contribution in [0.3, 0.4) is 0 Å². The Labute approximate surface area is 95.4 Å². The molecule has 0 amide bonds. The Morgan fingerprint density at radius 1 is 1.18 bits per heavy atom. The van der Waals surface area contributed by atoms with Gasteiger partial charge in [-0.25, -0.2) is 10.2 Å². The van der Waals surface area contributed by atoms with E-state index in [4.69, 9.17) is 5.11 Å². The van der Waals surface area contributed by atoms with E-state index >= 15 is 0 Å². The van der Waals surface area contributed by atoms with Crippen LogP contribution in [0.4, 0.5) is 13.2 Å². The van der Waals surface area contributed by atoms with Gasteiger partial charge in [-0.2, -0.15) is 13.2 Å². The standard InChI is InChI=1S/C10H11F3N2O2/c11-10(12,13)6-15-14-5-7-1-3-8(4-2-7)9(16)17/h1-4,14-15H,5-6H2,(H,16,17). The molecular formula is C10H11F3N2O2. The van der Waals surface area contributed by atoms with E-state index in [1.807, 2.05) is 5.43 Å². The summed E-state index contributed by atoms with van der Waals surface area (Å²) in [6, 6.07) is 5.85. The lowest BCUT2D eigenvalue weighted by atomic mass is 10.1. The predicted octanol–water partition coefficient (Wildman–Crippen LogP) is 1.54. The maximum atomic E-state index is 11.8. The lowest BCUT2D eigenvalue weighted by Crippen LogP contribution is -2.38. The molecule has 0 aromatic heterocycles. The Morgan fingerprint density at radius 2 is 1.76 bits per heavy atom. The van der Waals surface area contributed by atoms with Crippen molar-refractivity contribution in [3.05, 3.63) is 35.4 Å². The fourth-order valence-electron chi connectivity index (χ4n) is 1.09. The number of carboxylic acid groups (broad SMARTS) is 1. The van der Waals surface area contributed by atoms with Gasteiger partial charge in [0.25, 0.3) is 0 Å². The van der Waals surface area contributed by atoms with E-state index in [1.54, 1.807) is 0 Å². The second kappa shape index (κ2) is 5.65. The first-order chi connectivity index (χ1) is 7.88. The van der Waals surface area contributed by atoms with Gasteiger partial charge in [0.1, 0.15) is 6.54 Å². The smallest absolute Gasteiger partial charge is 0.402 e. The van der Waals surface area contributed by atoms with Crippen LogP contribution in [-0.2, 0) is 6.54 Å². The van der Waals surface area contributed by atoms with Gasteiger partial charge in [0, 0.05) is 6.54 Å². The second-order valence-corrected chi connectivity index (χ2v) is 3.32. The normalized spacial score (nSPS) is 11.5. The molecule has 7 heteroatoms. The Balaban J connectivity index is 2.35. The molecule has 0 aliphatic rings. The Morgan fingerprint density at radius 3 is 2.24 bits per heavy atom. The number of hydrogen-bond donors (Lipinski definition) is 3. The molecule has 1 aromatic carbocycles.